The molecule has 0 saturated heterocycles. The third kappa shape index (κ3) is 5.41. The summed E-state index contributed by atoms with van der Waals surface area (Å²) in [6.07, 6.45) is 6.01. The highest BCUT2D eigenvalue weighted by Gasteiger charge is 2.11. The molecule has 1 aromatic carbocycles. The van der Waals surface area contributed by atoms with Crippen molar-refractivity contribution < 1.29 is 14.7 Å². The molecule has 20 heavy (non-hydrogen) atoms. The van der Waals surface area contributed by atoms with Crippen LogP contribution in [0.5, 0.6) is 11.5 Å². The van der Waals surface area contributed by atoms with Gasteiger partial charge in [0, 0.05) is 5.56 Å². The lowest BCUT2D eigenvalue weighted by atomic mass is 10.2. The van der Waals surface area contributed by atoms with Gasteiger partial charge in [-0.3, -0.25) is 0 Å². The Morgan fingerprint density at radius 2 is 2.00 bits per heavy atom. The molecule has 0 aliphatic carbocycles. The van der Waals surface area contributed by atoms with E-state index in [4.69, 9.17) is 14.7 Å². The molecule has 1 aromatic rings. The van der Waals surface area contributed by atoms with Crippen LogP contribution in [0.25, 0.3) is 0 Å². The molecule has 0 spiro atoms. The van der Waals surface area contributed by atoms with Crippen molar-refractivity contribution in [3.05, 3.63) is 22.2 Å². The Labute approximate surface area is 128 Å². The van der Waals surface area contributed by atoms with Gasteiger partial charge in [0.1, 0.15) is 0 Å². The molecule has 1 N–H and O–H groups in total. The van der Waals surface area contributed by atoms with Crippen LogP contribution in [0.15, 0.2) is 21.8 Å². The Hall–Kier alpha value is -1.23. The fourth-order valence-corrected chi connectivity index (χ4v) is 2.41. The number of rotatable bonds is 9. The summed E-state index contributed by atoms with van der Waals surface area (Å²) in [4.78, 5) is 0. The van der Waals surface area contributed by atoms with Gasteiger partial charge in [0.25, 0.3) is 0 Å². The summed E-state index contributed by atoms with van der Waals surface area (Å²) in [6.45, 7) is 5.34. The molecule has 4 nitrogen and oxygen atoms in total. The zero-order valence-corrected chi connectivity index (χ0v) is 13.6. The number of ether oxygens (including phenoxy) is 2. The first-order valence-corrected chi connectivity index (χ1v) is 7.78. The minimum atomic E-state index is 0.554. The SMILES string of the molecule is CCCCCCOc1c(Br)cc(/C=N/O)cc1OCC. The van der Waals surface area contributed by atoms with Crippen molar-refractivity contribution in [2.75, 3.05) is 13.2 Å². The number of oxime groups is 1. The average Bonchev–Trinajstić information content (AvgIpc) is 2.42. The quantitative estimate of drug-likeness (QED) is 0.308. The molecule has 0 heterocycles. The molecule has 0 radical (unpaired) electrons. The minimum Gasteiger partial charge on any atom is -0.490 e. The Balaban J connectivity index is 2.76. The summed E-state index contributed by atoms with van der Waals surface area (Å²) in [5, 5.41) is 11.6. The molecule has 0 aromatic heterocycles. The second kappa shape index (κ2) is 9.64. The van der Waals surface area contributed by atoms with Crippen LogP contribution in [0.3, 0.4) is 0 Å². The summed E-state index contributed by atoms with van der Waals surface area (Å²) >= 11 is 3.47. The fraction of sp³-hybridized carbons (Fsp3) is 0.533. The standard InChI is InChI=1S/C15H22BrNO3/c1-3-5-6-7-8-20-15-13(16)9-12(11-17-18)10-14(15)19-4-2/h9-11,18H,3-8H2,1-2H3/b17-11+. The maximum absolute atomic E-state index is 8.61. The number of hydrogen-bond donors (Lipinski definition) is 1. The van der Waals surface area contributed by atoms with E-state index in [0.717, 1.165) is 16.5 Å². The van der Waals surface area contributed by atoms with E-state index in [-0.39, 0.29) is 0 Å². The highest BCUT2D eigenvalue weighted by molar-refractivity contribution is 9.10. The second-order valence-corrected chi connectivity index (χ2v) is 5.27. The first kappa shape index (κ1) is 16.8. The van der Waals surface area contributed by atoms with Gasteiger partial charge in [0.05, 0.1) is 23.9 Å². The monoisotopic (exact) mass is 343 g/mol. The summed E-state index contributed by atoms with van der Waals surface area (Å²) in [7, 11) is 0. The molecule has 0 aliphatic rings. The lowest BCUT2D eigenvalue weighted by molar-refractivity contribution is 0.269. The van der Waals surface area contributed by atoms with Crippen molar-refractivity contribution in [1.82, 2.24) is 0 Å². The van der Waals surface area contributed by atoms with E-state index in [1.54, 1.807) is 6.07 Å². The van der Waals surface area contributed by atoms with Crippen molar-refractivity contribution in [3.8, 4) is 11.5 Å². The van der Waals surface area contributed by atoms with E-state index in [9.17, 15) is 0 Å². The number of benzene rings is 1. The Kier molecular flexibility index (Phi) is 8.11. The molecule has 0 amide bonds. The average molecular weight is 344 g/mol. The molecular weight excluding hydrogens is 322 g/mol. The lowest BCUT2D eigenvalue weighted by Crippen LogP contribution is -2.02. The minimum absolute atomic E-state index is 0.554. The molecule has 1 rings (SSSR count). The van der Waals surface area contributed by atoms with E-state index in [1.807, 2.05) is 13.0 Å². The first-order chi connectivity index (χ1) is 9.72. The third-order valence-corrected chi connectivity index (χ3v) is 3.37. The van der Waals surface area contributed by atoms with Crippen LogP contribution in [0.4, 0.5) is 0 Å². The van der Waals surface area contributed by atoms with Crippen LogP contribution in [0.1, 0.15) is 45.1 Å². The molecule has 0 atom stereocenters. The smallest absolute Gasteiger partial charge is 0.175 e. The number of hydrogen-bond acceptors (Lipinski definition) is 4. The van der Waals surface area contributed by atoms with Crippen LogP contribution in [-0.4, -0.2) is 24.6 Å². The predicted molar refractivity (Wildman–Crippen MR) is 84.3 cm³/mol. The number of nitrogens with zero attached hydrogens (tertiary/aromatic N) is 1. The van der Waals surface area contributed by atoms with Crippen LogP contribution in [-0.2, 0) is 0 Å². The predicted octanol–water partition coefficient (Wildman–Crippen LogP) is 4.62. The van der Waals surface area contributed by atoms with Crippen molar-refractivity contribution >= 4 is 22.1 Å². The summed E-state index contributed by atoms with van der Waals surface area (Å²) in [5.41, 5.74) is 0.751. The molecule has 0 aliphatic heterocycles. The Morgan fingerprint density at radius 1 is 1.20 bits per heavy atom. The highest BCUT2D eigenvalue weighted by atomic mass is 79.9. The van der Waals surface area contributed by atoms with E-state index >= 15 is 0 Å². The lowest BCUT2D eigenvalue weighted by Gasteiger charge is -2.14. The van der Waals surface area contributed by atoms with Gasteiger partial charge in [-0.15, -0.1) is 0 Å². The van der Waals surface area contributed by atoms with Gasteiger partial charge in [0.2, 0.25) is 0 Å². The van der Waals surface area contributed by atoms with Crippen molar-refractivity contribution in [2.24, 2.45) is 5.16 Å². The van der Waals surface area contributed by atoms with Gasteiger partial charge in [-0.2, -0.15) is 0 Å². The van der Waals surface area contributed by atoms with Crippen LogP contribution in [0, 0.1) is 0 Å². The van der Waals surface area contributed by atoms with Gasteiger partial charge in [-0.1, -0.05) is 31.3 Å². The van der Waals surface area contributed by atoms with E-state index in [1.165, 1.54) is 25.5 Å². The van der Waals surface area contributed by atoms with Gasteiger partial charge >= 0.3 is 0 Å². The molecule has 5 heteroatoms. The maximum Gasteiger partial charge on any atom is 0.175 e. The summed E-state index contributed by atoms with van der Waals surface area (Å²) < 4.78 is 12.2. The fourth-order valence-electron chi connectivity index (χ4n) is 1.84. The van der Waals surface area contributed by atoms with Crippen molar-refractivity contribution in [3.63, 3.8) is 0 Å². The van der Waals surface area contributed by atoms with Crippen molar-refractivity contribution in [2.45, 2.75) is 39.5 Å². The van der Waals surface area contributed by atoms with Gasteiger partial charge < -0.3 is 14.7 Å². The molecule has 0 bridgehead atoms. The van der Waals surface area contributed by atoms with Crippen LogP contribution in [0.2, 0.25) is 0 Å². The summed E-state index contributed by atoms with van der Waals surface area (Å²) in [6, 6.07) is 3.64. The maximum atomic E-state index is 8.61. The largest absolute Gasteiger partial charge is 0.490 e. The first-order valence-electron chi connectivity index (χ1n) is 6.99. The molecule has 0 unspecified atom stereocenters. The van der Waals surface area contributed by atoms with Crippen LogP contribution < -0.4 is 9.47 Å². The zero-order chi connectivity index (χ0) is 14.8. The zero-order valence-electron chi connectivity index (χ0n) is 12.1. The Bertz CT molecular complexity index is 435. The highest BCUT2D eigenvalue weighted by Crippen LogP contribution is 2.36. The van der Waals surface area contributed by atoms with E-state index < -0.39 is 0 Å². The summed E-state index contributed by atoms with van der Waals surface area (Å²) in [5.74, 6) is 1.37. The van der Waals surface area contributed by atoms with Gasteiger partial charge in [-0.05, 0) is 41.4 Å². The molecule has 112 valence electrons. The van der Waals surface area contributed by atoms with E-state index in [0.29, 0.717) is 24.7 Å². The number of unbranched alkanes of at least 4 members (excludes halogenated alkanes) is 3. The van der Waals surface area contributed by atoms with Crippen molar-refractivity contribution in [1.29, 1.82) is 0 Å². The van der Waals surface area contributed by atoms with Gasteiger partial charge in [-0.25, -0.2) is 0 Å². The number of halogens is 1. The van der Waals surface area contributed by atoms with Crippen LogP contribution >= 0.6 is 15.9 Å². The third-order valence-electron chi connectivity index (χ3n) is 2.78. The van der Waals surface area contributed by atoms with Gasteiger partial charge in [0.15, 0.2) is 11.5 Å². The van der Waals surface area contributed by atoms with E-state index in [2.05, 4.69) is 28.0 Å². The molecule has 0 fully saturated rings. The normalized spacial score (nSPS) is 10.9. The Morgan fingerprint density at radius 3 is 2.65 bits per heavy atom. The molecule has 0 saturated carbocycles. The topological polar surface area (TPSA) is 51.0 Å². The molecular formula is C15H22BrNO3. The second-order valence-electron chi connectivity index (χ2n) is 4.42.